The maximum absolute atomic E-state index is 13.3. The second kappa shape index (κ2) is 8.02. The molecule has 0 saturated heterocycles. The average Bonchev–Trinajstić information content (AvgIpc) is 3.24. The van der Waals surface area contributed by atoms with Crippen LogP contribution in [0.2, 0.25) is 0 Å². The molecule has 164 valence electrons. The molecular weight excluding hydrogens is 419 g/mol. The number of carbonyl (C=O) groups excluding carboxylic acids is 2. The van der Waals surface area contributed by atoms with Crippen LogP contribution in [0.15, 0.2) is 71.8 Å². The zero-order chi connectivity index (χ0) is 23.1. The molecule has 5 rings (SSSR count). The Kier molecular flexibility index (Phi) is 5.01. The Bertz CT molecular complexity index is 1430. The summed E-state index contributed by atoms with van der Waals surface area (Å²) in [6.45, 7) is 3.75. The standard InChI is InChI=1S/C26H21FN4O2/c1-16-13-19(17(2)31(16)21-11-9-20(27)10-12-21)14-28-29-24(32)15-30-23-8-4-6-18-5-3-7-22(25(18)23)26(30)33/h3-14H,15H2,1-2H3,(H,29,32)/b28-14+. The molecule has 0 unspecified atom stereocenters. The highest BCUT2D eigenvalue weighted by Gasteiger charge is 2.30. The van der Waals surface area contributed by atoms with Gasteiger partial charge in [0.05, 0.1) is 11.9 Å². The summed E-state index contributed by atoms with van der Waals surface area (Å²) in [7, 11) is 0. The summed E-state index contributed by atoms with van der Waals surface area (Å²) < 4.78 is 15.3. The number of aromatic nitrogens is 1. The summed E-state index contributed by atoms with van der Waals surface area (Å²) in [5, 5.41) is 5.93. The SMILES string of the molecule is Cc1cc(/C=N/NC(=O)CN2C(=O)c3cccc4cccc2c34)c(C)n1-c1ccc(F)cc1. The molecule has 0 atom stereocenters. The van der Waals surface area contributed by atoms with Crippen molar-refractivity contribution in [1.82, 2.24) is 9.99 Å². The Morgan fingerprint density at radius 3 is 2.55 bits per heavy atom. The Balaban J connectivity index is 1.30. The van der Waals surface area contributed by atoms with E-state index in [0.29, 0.717) is 5.56 Å². The normalized spacial score (nSPS) is 12.8. The molecule has 1 N–H and O–H groups in total. The minimum atomic E-state index is -0.392. The lowest BCUT2D eigenvalue weighted by molar-refractivity contribution is -0.119. The molecule has 1 aromatic heterocycles. The number of benzene rings is 3. The number of anilines is 1. The molecule has 0 bridgehead atoms. The van der Waals surface area contributed by atoms with Gasteiger partial charge in [0.25, 0.3) is 11.8 Å². The van der Waals surface area contributed by atoms with Crippen LogP contribution in [0.25, 0.3) is 16.5 Å². The molecule has 0 aliphatic carbocycles. The third kappa shape index (κ3) is 3.57. The number of halogens is 1. The van der Waals surface area contributed by atoms with E-state index in [1.54, 1.807) is 24.4 Å². The van der Waals surface area contributed by atoms with Gasteiger partial charge in [-0.15, -0.1) is 0 Å². The van der Waals surface area contributed by atoms with Crippen LogP contribution in [0.4, 0.5) is 10.1 Å². The van der Waals surface area contributed by atoms with Crippen LogP contribution >= 0.6 is 0 Å². The highest BCUT2D eigenvalue weighted by atomic mass is 19.1. The molecule has 0 radical (unpaired) electrons. The Morgan fingerprint density at radius 1 is 1.06 bits per heavy atom. The van der Waals surface area contributed by atoms with Gasteiger partial charge in [-0.3, -0.25) is 14.5 Å². The number of hydrogen-bond acceptors (Lipinski definition) is 3. The third-order valence-electron chi connectivity index (χ3n) is 5.90. The number of aryl methyl sites for hydroxylation is 1. The predicted octanol–water partition coefficient (Wildman–Crippen LogP) is 4.50. The van der Waals surface area contributed by atoms with Crippen LogP contribution in [-0.4, -0.2) is 29.1 Å². The van der Waals surface area contributed by atoms with Crippen LogP contribution in [0, 0.1) is 19.7 Å². The van der Waals surface area contributed by atoms with Crippen molar-refractivity contribution in [3.63, 3.8) is 0 Å². The van der Waals surface area contributed by atoms with E-state index in [-0.39, 0.29) is 18.3 Å². The maximum Gasteiger partial charge on any atom is 0.260 e. The van der Waals surface area contributed by atoms with Crippen LogP contribution < -0.4 is 10.3 Å². The quantitative estimate of drug-likeness (QED) is 0.367. The van der Waals surface area contributed by atoms with Crippen molar-refractivity contribution in [3.05, 3.63) is 95.1 Å². The minimum Gasteiger partial charge on any atom is -0.318 e. The first-order valence-electron chi connectivity index (χ1n) is 10.5. The van der Waals surface area contributed by atoms with Gasteiger partial charge in [0, 0.05) is 33.6 Å². The molecular formula is C26H21FN4O2. The lowest BCUT2D eigenvalue weighted by Crippen LogP contribution is -2.37. The van der Waals surface area contributed by atoms with Gasteiger partial charge >= 0.3 is 0 Å². The fraction of sp³-hybridized carbons (Fsp3) is 0.115. The smallest absolute Gasteiger partial charge is 0.260 e. The van der Waals surface area contributed by atoms with E-state index in [9.17, 15) is 14.0 Å². The average molecular weight is 440 g/mol. The molecule has 33 heavy (non-hydrogen) atoms. The summed E-state index contributed by atoms with van der Waals surface area (Å²) in [5.41, 5.74) is 7.39. The molecule has 0 saturated carbocycles. The molecule has 6 nitrogen and oxygen atoms in total. The van der Waals surface area contributed by atoms with Gasteiger partial charge in [-0.05, 0) is 61.7 Å². The largest absolute Gasteiger partial charge is 0.318 e. The summed E-state index contributed by atoms with van der Waals surface area (Å²) in [6.07, 6.45) is 1.57. The van der Waals surface area contributed by atoms with Crippen molar-refractivity contribution < 1.29 is 14.0 Å². The van der Waals surface area contributed by atoms with Gasteiger partial charge in [-0.2, -0.15) is 5.10 Å². The first-order valence-corrected chi connectivity index (χ1v) is 10.5. The van der Waals surface area contributed by atoms with Crippen molar-refractivity contribution in [2.45, 2.75) is 13.8 Å². The third-order valence-corrected chi connectivity index (χ3v) is 5.90. The molecule has 1 aliphatic heterocycles. The van der Waals surface area contributed by atoms with Gasteiger partial charge in [0.15, 0.2) is 0 Å². The highest BCUT2D eigenvalue weighted by Crippen LogP contribution is 2.36. The fourth-order valence-electron chi connectivity index (χ4n) is 4.39. The first kappa shape index (κ1) is 20.6. The Labute approximate surface area is 189 Å². The first-order chi connectivity index (χ1) is 15.9. The van der Waals surface area contributed by atoms with E-state index in [1.165, 1.54) is 17.0 Å². The predicted molar refractivity (Wildman–Crippen MR) is 127 cm³/mol. The van der Waals surface area contributed by atoms with Gasteiger partial charge in [0.2, 0.25) is 0 Å². The lowest BCUT2D eigenvalue weighted by atomic mass is 10.1. The number of hydrazone groups is 1. The van der Waals surface area contributed by atoms with Crippen molar-refractivity contribution >= 4 is 34.5 Å². The highest BCUT2D eigenvalue weighted by molar-refractivity contribution is 6.26. The van der Waals surface area contributed by atoms with E-state index in [2.05, 4.69) is 10.5 Å². The van der Waals surface area contributed by atoms with E-state index >= 15 is 0 Å². The van der Waals surface area contributed by atoms with Crippen LogP contribution in [0.1, 0.15) is 27.3 Å². The van der Waals surface area contributed by atoms with Gasteiger partial charge < -0.3 is 4.57 Å². The van der Waals surface area contributed by atoms with Crippen molar-refractivity contribution in [2.24, 2.45) is 5.10 Å². The van der Waals surface area contributed by atoms with E-state index in [1.807, 2.05) is 54.8 Å². The molecule has 1 aliphatic rings. The Hall–Kier alpha value is -4.26. The van der Waals surface area contributed by atoms with Crippen LogP contribution in [-0.2, 0) is 4.79 Å². The molecule has 0 fully saturated rings. The molecule has 2 amide bonds. The molecule has 0 spiro atoms. The van der Waals surface area contributed by atoms with E-state index in [0.717, 1.165) is 39.1 Å². The summed E-state index contributed by atoms with van der Waals surface area (Å²) >= 11 is 0. The zero-order valence-electron chi connectivity index (χ0n) is 18.2. The molecule has 2 heterocycles. The van der Waals surface area contributed by atoms with Gasteiger partial charge in [-0.1, -0.05) is 24.3 Å². The van der Waals surface area contributed by atoms with Crippen molar-refractivity contribution in [1.29, 1.82) is 0 Å². The number of carbonyl (C=O) groups is 2. The van der Waals surface area contributed by atoms with E-state index < -0.39 is 5.91 Å². The minimum absolute atomic E-state index is 0.126. The van der Waals surface area contributed by atoms with Gasteiger partial charge in [0.1, 0.15) is 12.4 Å². The number of amides is 2. The summed E-state index contributed by atoms with van der Waals surface area (Å²) in [4.78, 5) is 26.9. The Morgan fingerprint density at radius 2 is 1.79 bits per heavy atom. The number of nitrogens with one attached hydrogen (secondary N) is 1. The molecule has 7 heteroatoms. The van der Waals surface area contributed by atoms with E-state index in [4.69, 9.17) is 0 Å². The molecule has 4 aromatic rings. The summed E-state index contributed by atoms with van der Waals surface area (Å²) in [6, 6.07) is 19.4. The number of nitrogens with zero attached hydrogens (tertiary/aromatic N) is 3. The number of rotatable bonds is 5. The summed E-state index contributed by atoms with van der Waals surface area (Å²) in [5.74, 6) is -0.873. The molecule has 3 aromatic carbocycles. The second-order valence-corrected chi connectivity index (χ2v) is 8.00. The second-order valence-electron chi connectivity index (χ2n) is 8.00. The lowest BCUT2D eigenvalue weighted by Gasteiger charge is -2.16. The topological polar surface area (TPSA) is 66.7 Å². The number of hydrogen-bond donors (Lipinski definition) is 1. The van der Waals surface area contributed by atoms with Crippen molar-refractivity contribution in [2.75, 3.05) is 11.4 Å². The van der Waals surface area contributed by atoms with Gasteiger partial charge in [-0.25, -0.2) is 9.82 Å². The maximum atomic E-state index is 13.3. The van der Waals surface area contributed by atoms with Crippen LogP contribution in [0.3, 0.4) is 0 Å². The van der Waals surface area contributed by atoms with Crippen molar-refractivity contribution in [3.8, 4) is 5.69 Å². The monoisotopic (exact) mass is 440 g/mol. The fourth-order valence-corrected chi connectivity index (χ4v) is 4.39. The van der Waals surface area contributed by atoms with Crippen LogP contribution in [0.5, 0.6) is 0 Å². The zero-order valence-corrected chi connectivity index (χ0v) is 18.2.